The van der Waals surface area contributed by atoms with Crippen LogP contribution >= 0.6 is 39.0 Å². The molecule has 2 fully saturated rings. The van der Waals surface area contributed by atoms with Crippen molar-refractivity contribution in [2.75, 3.05) is 5.32 Å². The molecule has 6 rings (SSSR count). The van der Waals surface area contributed by atoms with Crippen molar-refractivity contribution >= 4 is 50.6 Å². The first kappa shape index (κ1) is 21.7. The molecule has 2 saturated carbocycles. The summed E-state index contributed by atoms with van der Waals surface area (Å²) in [6, 6.07) is 16.4. The molecule has 0 radical (unpaired) electrons. The van der Waals surface area contributed by atoms with Crippen LogP contribution in [0.2, 0.25) is 0 Å². The molecule has 2 bridgehead atoms. The van der Waals surface area contributed by atoms with Gasteiger partial charge in [0.1, 0.15) is 6.54 Å². The largest absolute Gasteiger partial charge is 0.325 e. The Bertz CT molecular complexity index is 1280. The van der Waals surface area contributed by atoms with Gasteiger partial charge in [-0.1, -0.05) is 51.5 Å². The van der Waals surface area contributed by atoms with Gasteiger partial charge in [0.05, 0.1) is 5.03 Å². The standard InChI is InChI=1S/C26H25BrN2O2S2/c1-14-3-2-4-19(11-14)28-20(30)13-29-25-24(33-26(29)31)21(15-7-9-18(27)10-8-15)22-16-5-6-17(12-16)23(22)32-25/h2-4,7-11,16-17,21-23H,5-6,12-13H2,1H3,(H,28,30)/t16?,17?,21-,22?,23?/m1/s1. The number of thioether (sulfide) groups is 1. The van der Waals surface area contributed by atoms with Gasteiger partial charge in [-0.25, -0.2) is 0 Å². The van der Waals surface area contributed by atoms with Crippen LogP contribution < -0.4 is 10.2 Å². The zero-order valence-corrected chi connectivity index (χ0v) is 21.5. The van der Waals surface area contributed by atoms with Gasteiger partial charge in [-0.3, -0.25) is 14.2 Å². The van der Waals surface area contributed by atoms with Gasteiger partial charge in [-0.2, -0.15) is 0 Å². The monoisotopic (exact) mass is 540 g/mol. The molecule has 1 aromatic heterocycles. The minimum absolute atomic E-state index is 0.0266. The molecule has 33 heavy (non-hydrogen) atoms. The van der Waals surface area contributed by atoms with Crippen molar-refractivity contribution in [1.29, 1.82) is 0 Å². The molecule has 2 heterocycles. The number of halogens is 1. The Morgan fingerprint density at radius 3 is 2.73 bits per heavy atom. The molecule has 0 spiro atoms. The molecule has 5 atom stereocenters. The summed E-state index contributed by atoms with van der Waals surface area (Å²) < 4.78 is 2.80. The molecule has 3 aromatic rings. The zero-order chi connectivity index (χ0) is 22.7. The quantitative estimate of drug-likeness (QED) is 0.424. The van der Waals surface area contributed by atoms with E-state index in [1.54, 1.807) is 4.57 Å². The summed E-state index contributed by atoms with van der Waals surface area (Å²) in [5.74, 6) is 2.13. The van der Waals surface area contributed by atoms with E-state index in [0.717, 1.165) is 37.5 Å². The van der Waals surface area contributed by atoms with Gasteiger partial charge in [-0.15, -0.1) is 11.8 Å². The molecule has 4 unspecified atom stereocenters. The number of benzene rings is 2. The molecule has 1 N–H and O–H groups in total. The number of rotatable bonds is 4. The normalized spacial score (nSPS) is 27.3. The van der Waals surface area contributed by atoms with Crippen LogP contribution in [0.4, 0.5) is 5.69 Å². The molecule has 2 aliphatic carbocycles. The SMILES string of the molecule is Cc1cccc(NC(=O)Cn2c3c(sc2=O)[C@H](c2ccc(Br)cc2)C2C4CCC(C4)C2S3)c1. The molecule has 170 valence electrons. The highest BCUT2D eigenvalue weighted by molar-refractivity contribution is 9.10. The fourth-order valence-electron chi connectivity index (χ4n) is 6.20. The lowest BCUT2D eigenvalue weighted by Crippen LogP contribution is -2.34. The van der Waals surface area contributed by atoms with E-state index in [2.05, 4.69) is 45.5 Å². The predicted molar refractivity (Wildman–Crippen MR) is 138 cm³/mol. The highest BCUT2D eigenvalue weighted by atomic mass is 79.9. The molecule has 1 amide bonds. The Balaban J connectivity index is 1.37. The zero-order valence-electron chi connectivity index (χ0n) is 18.3. The number of carbonyl (C=O) groups excluding carboxylic acids is 1. The summed E-state index contributed by atoms with van der Waals surface area (Å²) in [5.41, 5.74) is 3.15. The topological polar surface area (TPSA) is 51.1 Å². The third-order valence-corrected chi connectivity index (χ3v) is 10.9. The summed E-state index contributed by atoms with van der Waals surface area (Å²) >= 11 is 6.78. The summed E-state index contributed by atoms with van der Waals surface area (Å²) in [4.78, 5) is 27.2. The summed E-state index contributed by atoms with van der Waals surface area (Å²) in [6.07, 6.45) is 3.91. The number of fused-ring (bicyclic) bond motifs is 6. The number of nitrogens with zero attached hydrogens (tertiary/aromatic N) is 1. The molecule has 1 aliphatic heterocycles. The number of amides is 1. The Labute approximate surface area is 209 Å². The van der Waals surface area contributed by atoms with E-state index in [4.69, 9.17) is 0 Å². The van der Waals surface area contributed by atoms with Crippen molar-refractivity contribution in [1.82, 2.24) is 4.57 Å². The smallest absolute Gasteiger partial charge is 0.308 e. The van der Waals surface area contributed by atoms with Crippen LogP contribution in [0.5, 0.6) is 0 Å². The fourth-order valence-corrected chi connectivity index (χ4v) is 9.61. The fraction of sp³-hybridized carbons (Fsp3) is 0.385. The third-order valence-electron chi connectivity index (χ3n) is 7.52. The maximum atomic E-state index is 13.2. The van der Waals surface area contributed by atoms with E-state index in [0.29, 0.717) is 11.2 Å². The first-order valence-corrected chi connectivity index (χ1v) is 14.0. The Hall–Kier alpha value is -1.83. The van der Waals surface area contributed by atoms with Crippen molar-refractivity contribution < 1.29 is 4.79 Å². The van der Waals surface area contributed by atoms with Gasteiger partial charge < -0.3 is 5.32 Å². The molecule has 4 nitrogen and oxygen atoms in total. The number of aryl methyl sites for hydroxylation is 1. The van der Waals surface area contributed by atoms with Gasteiger partial charge in [0.15, 0.2) is 0 Å². The van der Waals surface area contributed by atoms with Crippen LogP contribution in [-0.4, -0.2) is 15.7 Å². The van der Waals surface area contributed by atoms with Crippen molar-refractivity contribution in [2.24, 2.45) is 17.8 Å². The Kier molecular flexibility index (Phi) is 5.54. The number of carbonyl (C=O) groups is 1. The average molecular weight is 542 g/mol. The maximum absolute atomic E-state index is 13.2. The van der Waals surface area contributed by atoms with E-state index in [1.165, 1.54) is 36.2 Å². The number of nitrogens with one attached hydrogen (secondary N) is 1. The van der Waals surface area contributed by atoms with Crippen LogP contribution in [0.15, 0.2) is 62.8 Å². The van der Waals surface area contributed by atoms with Gasteiger partial charge in [-0.05, 0) is 79.3 Å². The first-order valence-electron chi connectivity index (χ1n) is 11.5. The lowest BCUT2D eigenvalue weighted by Gasteiger charge is -2.40. The van der Waals surface area contributed by atoms with Crippen LogP contribution in [0.3, 0.4) is 0 Å². The van der Waals surface area contributed by atoms with Crippen LogP contribution in [0.25, 0.3) is 0 Å². The summed E-state index contributed by atoms with van der Waals surface area (Å²) in [5, 5.41) is 4.52. The second-order valence-corrected chi connectivity index (χ2v) is 12.6. The van der Waals surface area contributed by atoms with Crippen LogP contribution in [0, 0.1) is 24.7 Å². The number of hydrogen-bond acceptors (Lipinski definition) is 4. The molecule has 2 aromatic carbocycles. The second kappa shape index (κ2) is 8.43. The highest BCUT2D eigenvalue weighted by Gasteiger charge is 2.55. The van der Waals surface area contributed by atoms with E-state index in [1.807, 2.05) is 43.0 Å². The van der Waals surface area contributed by atoms with E-state index in [9.17, 15) is 9.59 Å². The molecular formula is C26H25BrN2O2S2. The van der Waals surface area contributed by atoms with Crippen molar-refractivity contribution in [3.8, 4) is 0 Å². The average Bonchev–Trinajstić information content (AvgIpc) is 3.48. The third kappa shape index (κ3) is 3.82. The van der Waals surface area contributed by atoms with Crippen molar-refractivity contribution in [3.05, 3.63) is 78.7 Å². The molecule has 7 heteroatoms. The maximum Gasteiger partial charge on any atom is 0.308 e. The van der Waals surface area contributed by atoms with Crippen LogP contribution in [-0.2, 0) is 11.3 Å². The van der Waals surface area contributed by atoms with E-state index < -0.39 is 0 Å². The van der Waals surface area contributed by atoms with Gasteiger partial charge in [0.25, 0.3) is 0 Å². The van der Waals surface area contributed by atoms with Crippen molar-refractivity contribution in [2.45, 2.75) is 48.9 Å². The Morgan fingerprint density at radius 2 is 1.94 bits per heavy atom. The van der Waals surface area contributed by atoms with Gasteiger partial charge >= 0.3 is 4.87 Å². The summed E-state index contributed by atoms with van der Waals surface area (Å²) in [6.45, 7) is 2.06. The van der Waals surface area contributed by atoms with E-state index >= 15 is 0 Å². The minimum Gasteiger partial charge on any atom is -0.325 e. The van der Waals surface area contributed by atoms with Crippen LogP contribution in [0.1, 0.15) is 41.2 Å². The predicted octanol–water partition coefficient (Wildman–Crippen LogP) is 6.27. The number of aromatic nitrogens is 1. The molecule has 3 aliphatic rings. The summed E-state index contributed by atoms with van der Waals surface area (Å²) in [7, 11) is 0. The van der Waals surface area contributed by atoms with Crippen molar-refractivity contribution in [3.63, 3.8) is 0 Å². The minimum atomic E-state index is -0.154. The number of anilines is 1. The highest BCUT2D eigenvalue weighted by Crippen LogP contribution is 2.64. The number of thiazole rings is 1. The van der Waals surface area contributed by atoms with Gasteiger partial charge in [0, 0.05) is 26.2 Å². The lowest BCUT2D eigenvalue weighted by molar-refractivity contribution is -0.116. The van der Waals surface area contributed by atoms with E-state index in [-0.39, 0.29) is 23.2 Å². The molecular weight excluding hydrogens is 516 g/mol. The lowest BCUT2D eigenvalue weighted by atomic mass is 9.75. The Morgan fingerprint density at radius 1 is 1.15 bits per heavy atom. The first-order chi connectivity index (χ1) is 16.0. The van der Waals surface area contributed by atoms with Gasteiger partial charge in [0.2, 0.25) is 5.91 Å². The molecule has 0 saturated heterocycles. The second-order valence-electron chi connectivity index (χ2n) is 9.56. The number of hydrogen-bond donors (Lipinski definition) is 1.